The molecule has 7 N–H and O–H groups in total. The minimum absolute atomic E-state index is 0.104. The Bertz CT molecular complexity index is 1010. The van der Waals surface area contributed by atoms with Crippen molar-refractivity contribution in [3.63, 3.8) is 0 Å². The predicted molar refractivity (Wildman–Crippen MR) is 133 cm³/mol. The van der Waals surface area contributed by atoms with E-state index >= 15 is 0 Å². The third kappa shape index (κ3) is 4.96. The van der Waals surface area contributed by atoms with Gasteiger partial charge in [-0.1, -0.05) is 25.3 Å². The quantitative estimate of drug-likeness (QED) is 0.102. The fourth-order valence-corrected chi connectivity index (χ4v) is 6.65. The fourth-order valence-electron chi connectivity index (χ4n) is 6.65. The Labute approximate surface area is 230 Å². The highest BCUT2D eigenvalue weighted by atomic mass is 16.7. The molecule has 0 aromatic carbocycles. The van der Waals surface area contributed by atoms with E-state index in [-0.39, 0.29) is 17.8 Å². The second kappa shape index (κ2) is 11.5. The number of allylic oxidation sites excluding steroid dienone is 1. The molecule has 0 spiro atoms. The minimum Gasteiger partial charge on any atom is -0.458 e. The summed E-state index contributed by atoms with van der Waals surface area (Å²) in [5.74, 6) is -0.990. The number of hydrogen-bond donors (Lipinski definition) is 7. The molecule has 3 heterocycles. The SMILES string of the molecule is C=C1[C@@H]2[C@H]3OC(=O)C(=C)[C@@H]3CCC(=C)[C@@H]2C[C@@H]1O[C@@H]1O[C@H](CO)[C@@H](O)[C@H](O[C@@H]2O[C@H](CO)[C@@H](O)[C@H](O)[C@H]2O)[C@H]1O. The Balaban J connectivity index is 1.33. The van der Waals surface area contributed by atoms with Gasteiger partial charge in [0.05, 0.1) is 19.3 Å². The van der Waals surface area contributed by atoms with Crippen LogP contribution in [0.25, 0.3) is 0 Å². The summed E-state index contributed by atoms with van der Waals surface area (Å²) in [6, 6.07) is 0. The molecule has 5 fully saturated rings. The van der Waals surface area contributed by atoms with Crippen LogP contribution in [0.4, 0.5) is 0 Å². The van der Waals surface area contributed by atoms with Gasteiger partial charge in [0.2, 0.25) is 0 Å². The van der Waals surface area contributed by atoms with E-state index in [4.69, 9.17) is 23.7 Å². The summed E-state index contributed by atoms with van der Waals surface area (Å²) >= 11 is 0. The van der Waals surface area contributed by atoms with E-state index in [1.54, 1.807) is 0 Å². The topological polar surface area (TPSA) is 205 Å². The Hall–Kier alpha value is -1.75. The number of carbonyl (C=O) groups is 1. The fraction of sp³-hybridized carbons (Fsp3) is 0.741. The maximum Gasteiger partial charge on any atom is 0.334 e. The molecule has 224 valence electrons. The normalized spacial score (nSPS) is 49.4. The summed E-state index contributed by atoms with van der Waals surface area (Å²) < 4.78 is 28.5. The van der Waals surface area contributed by atoms with E-state index in [1.807, 2.05) is 0 Å². The van der Waals surface area contributed by atoms with E-state index in [0.29, 0.717) is 30.4 Å². The molecule has 3 saturated heterocycles. The largest absolute Gasteiger partial charge is 0.458 e. The maximum absolute atomic E-state index is 12.3. The summed E-state index contributed by atoms with van der Waals surface area (Å²) in [6.07, 6.45) is -14.9. The first-order chi connectivity index (χ1) is 19.0. The lowest BCUT2D eigenvalue weighted by Crippen LogP contribution is -2.65. The number of aliphatic hydroxyl groups excluding tert-OH is 7. The molecule has 0 bridgehead atoms. The first-order valence-electron chi connectivity index (χ1n) is 13.5. The second-order valence-electron chi connectivity index (χ2n) is 11.3. The van der Waals surface area contributed by atoms with Crippen molar-refractivity contribution in [1.29, 1.82) is 0 Å². The monoisotopic (exact) mass is 570 g/mol. The molecule has 13 nitrogen and oxygen atoms in total. The van der Waals surface area contributed by atoms with Crippen molar-refractivity contribution in [2.45, 2.75) is 92.9 Å². The van der Waals surface area contributed by atoms with Crippen LogP contribution >= 0.6 is 0 Å². The molecule has 0 unspecified atom stereocenters. The second-order valence-corrected chi connectivity index (χ2v) is 11.3. The molecule has 0 aromatic heterocycles. The Kier molecular flexibility index (Phi) is 8.55. The van der Waals surface area contributed by atoms with Crippen molar-refractivity contribution < 1.29 is 64.2 Å². The number of esters is 1. The van der Waals surface area contributed by atoms with E-state index < -0.39 is 92.8 Å². The van der Waals surface area contributed by atoms with Gasteiger partial charge in [-0.15, -0.1) is 0 Å². The van der Waals surface area contributed by atoms with Crippen LogP contribution in [0.1, 0.15) is 19.3 Å². The van der Waals surface area contributed by atoms with Gasteiger partial charge in [-0.3, -0.25) is 0 Å². The highest BCUT2D eigenvalue weighted by molar-refractivity contribution is 5.91. The smallest absolute Gasteiger partial charge is 0.334 e. The van der Waals surface area contributed by atoms with Gasteiger partial charge in [-0.25, -0.2) is 4.79 Å². The molecule has 5 aliphatic rings. The Morgan fingerprint density at radius 2 is 1.43 bits per heavy atom. The molecular formula is C27H38O13. The Morgan fingerprint density at radius 3 is 2.08 bits per heavy atom. The summed E-state index contributed by atoms with van der Waals surface area (Å²) in [6.45, 7) is 11.0. The maximum atomic E-state index is 12.3. The van der Waals surface area contributed by atoms with Crippen LogP contribution in [0.15, 0.2) is 36.5 Å². The van der Waals surface area contributed by atoms with Gasteiger partial charge >= 0.3 is 5.97 Å². The number of aliphatic hydroxyl groups is 7. The zero-order valence-corrected chi connectivity index (χ0v) is 21.9. The highest BCUT2D eigenvalue weighted by Crippen LogP contribution is 2.53. The molecule has 0 radical (unpaired) electrons. The van der Waals surface area contributed by atoms with E-state index in [1.165, 1.54) is 0 Å². The number of carbonyl (C=O) groups excluding carboxylic acids is 1. The number of ether oxygens (including phenoxy) is 5. The lowest BCUT2D eigenvalue weighted by Gasteiger charge is -2.46. The molecule has 15 atom stereocenters. The molecule has 3 aliphatic heterocycles. The van der Waals surface area contributed by atoms with Gasteiger partial charge in [0, 0.05) is 17.4 Å². The van der Waals surface area contributed by atoms with Crippen LogP contribution in [0, 0.1) is 17.8 Å². The predicted octanol–water partition coefficient (Wildman–Crippen LogP) is -2.36. The van der Waals surface area contributed by atoms with Gasteiger partial charge in [-0.2, -0.15) is 0 Å². The lowest BCUT2D eigenvalue weighted by atomic mass is 9.82. The number of rotatable bonds is 6. The molecule has 40 heavy (non-hydrogen) atoms. The van der Waals surface area contributed by atoms with E-state index in [0.717, 1.165) is 5.57 Å². The third-order valence-corrected chi connectivity index (χ3v) is 9.01. The first kappa shape index (κ1) is 29.7. The van der Waals surface area contributed by atoms with Crippen molar-refractivity contribution in [1.82, 2.24) is 0 Å². The highest BCUT2D eigenvalue weighted by Gasteiger charge is 2.56. The molecule has 2 saturated carbocycles. The summed E-state index contributed by atoms with van der Waals surface area (Å²) in [5, 5.41) is 71.7. The van der Waals surface area contributed by atoms with Crippen LogP contribution in [0.5, 0.6) is 0 Å². The molecule has 0 aromatic rings. The van der Waals surface area contributed by atoms with Gasteiger partial charge < -0.3 is 59.4 Å². The van der Waals surface area contributed by atoms with E-state index in [9.17, 15) is 40.5 Å². The zero-order chi connectivity index (χ0) is 29.0. The zero-order valence-electron chi connectivity index (χ0n) is 21.9. The molecule has 2 aliphatic carbocycles. The van der Waals surface area contributed by atoms with Gasteiger partial charge in [0.15, 0.2) is 12.6 Å². The van der Waals surface area contributed by atoms with Gasteiger partial charge in [0.25, 0.3) is 0 Å². The van der Waals surface area contributed by atoms with Crippen LogP contribution < -0.4 is 0 Å². The average molecular weight is 571 g/mol. The van der Waals surface area contributed by atoms with Crippen molar-refractivity contribution >= 4 is 5.97 Å². The average Bonchev–Trinajstić information content (AvgIpc) is 3.35. The standard InChI is InChI=1S/C27H38O13/c1-9-4-5-12-10(2)25(35)39-23(12)17-11(3)14(6-13(9)17)36-27-22(34)24(19(31)16(8-29)38-27)40-26-21(33)20(32)18(30)15(7-28)37-26/h12-24,26-34H,1-8H2/t12-,13-,14-,15+,16+,17-,18+,19+,20-,21+,22+,23-,24-,26-,27+/m0/s1. The summed E-state index contributed by atoms with van der Waals surface area (Å²) in [7, 11) is 0. The van der Waals surface area contributed by atoms with Gasteiger partial charge in [0.1, 0.15) is 54.9 Å². The van der Waals surface area contributed by atoms with Gasteiger partial charge in [-0.05, 0) is 30.8 Å². The Morgan fingerprint density at radius 1 is 0.800 bits per heavy atom. The number of hydrogen-bond acceptors (Lipinski definition) is 13. The minimum atomic E-state index is -1.78. The van der Waals surface area contributed by atoms with Crippen molar-refractivity contribution in [3.05, 3.63) is 36.5 Å². The summed E-state index contributed by atoms with van der Waals surface area (Å²) in [4.78, 5) is 12.3. The molecule has 0 amide bonds. The summed E-state index contributed by atoms with van der Waals surface area (Å²) in [5.41, 5.74) is 2.02. The van der Waals surface area contributed by atoms with Crippen LogP contribution in [-0.4, -0.2) is 129 Å². The molecular weight excluding hydrogens is 532 g/mol. The van der Waals surface area contributed by atoms with Crippen molar-refractivity contribution in [3.8, 4) is 0 Å². The number of fused-ring (bicyclic) bond motifs is 3. The van der Waals surface area contributed by atoms with Crippen LogP contribution in [0.3, 0.4) is 0 Å². The van der Waals surface area contributed by atoms with E-state index in [2.05, 4.69) is 19.7 Å². The van der Waals surface area contributed by atoms with Crippen molar-refractivity contribution in [2.75, 3.05) is 13.2 Å². The first-order valence-corrected chi connectivity index (χ1v) is 13.5. The van der Waals surface area contributed by atoms with Crippen LogP contribution in [0.2, 0.25) is 0 Å². The van der Waals surface area contributed by atoms with Crippen LogP contribution in [-0.2, 0) is 28.5 Å². The molecule has 13 heteroatoms. The lowest BCUT2D eigenvalue weighted by molar-refractivity contribution is -0.362. The van der Waals surface area contributed by atoms with Crippen molar-refractivity contribution in [2.24, 2.45) is 17.8 Å². The molecule has 5 rings (SSSR count). The third-order valence-electron chi connectivity index (χ3n) is 9.01.